The van der Waals surface area contributed by atoms with Crippen LogP contribution in [0.1, 0.15) is 60.3 Å². The highest BCUT2D eigenvalue weighted by Gasteiger charge is 2.42. The van der Waals surface area contributed by atoms with Gasteiger partial charge < -0.3 is 25.8 Å². The third kappa shape index (κ3) is 5.57. The minimum atomic E-state index is -0.300. The van der Waals surface area contributed by atoms with Crippen molar-refractivity contribution in [2.45, 2.75) is 65.8 Å². The molecular weight excluding hydrogens is 534 g/mol. The number of nitrogens with one attached hydrogen (secondary N) is 3. The monoisotopic (exact) mass is 575 g/mol. The number of aromatic nitrogens is 3. The number of fused-ring (bicyclic) bond motifs is 2. The molecule has 0 radical (unpaired) electrons. The Morgan fingerprint density at radius 1 is 1.07 bits per heavy atom. The average molecular weight is 576 g/mol. The van der Waals surface area contributed by atoms with Crippen molar-refractivity contribution in [3.05, 3.63) is 101 Å². The molecule has 6 rings (SSSR count). The second-order valence-corrected chi connectivity index (χ2v) is 12.6. The summed E-state index contributed by atoms with van der Waals surface area (Å²) in [6.07, 6.45) is 8.07. The number of hydrogen-bond donors (Lipinski definition) is 4. The van der Waals surface area contributed by atoms with Gasteiger partial charge in [0.15, 0.2) is 0 Å². The summed E-state index contributed by atoms with van der Waals surface area (Å²) >= 11 is 0. The lowest BCUT2D eigenvalue weighted by molar-refractivity contribution is -0.119. The lowest BCUT2D eigenvalue weighted by atomic mass is 9.72. The number of benzene rings is 2. The maximum absolute atomic E-state index is 13.4. The normalized spacial score (nSPS) is 15.5. The van der Waals surface area contributed by atoms with Crippen molar-refractivity contribution in [1.82, 2.24) is 15.0 Å². The molecule has 43 heavy (non-hydrogen) atoms. The standard InChI is InChI=1S/C36H41N5O2/c1-6-28-21(2)33(40-22(28)3)16-36(4,5)34-30-15-23(11-12-32(30)41-35(34)42)24-14-27(19-38-17-24)43-20-26(37)13-25-18-39-31-10-8-7-9-29(25)31/h7-12,14-15,17-19,26,34,39-40H,6,13,16,20,37H2,1-5H3,(H,41,42)/t26-,34?/m0/s1. The molecule has 0 saturated carbocycles. The van der Waals surface area contributed by atoms with E-state index < -0.39 is 0 Å². The molecule has 0 spiro atoms. The van der Waals surface area contributed by atoms with Crippen LogP contribution in [0.5, 0.6) is 5.75 Å². The number of para-hydroxylation sites is 1. The van der Waals surface area contributed by atoms with Crippen LogP contribution >= 0.6 is 0 Å². The Kier molecular flexibility index (Phi) is 7.61. The van der Waals surface area contributed by atoms with E-state index in [0.717, 1.165) is 40.7 Å². The summed E-state index contributed by atoms with van der Waals surface area (Å²) in [5.74, 6) is 0.446. The summed E-state index contributed by atoms with van der Waals surface area (Å²) in [4.78, 5) is 24.7. The zero-order valence-corrected chi connectivity index (χ0v) is 25.7. The van der Waals surface area contributed by atoms with E-state index in [1.54, 1.807) is 6.20 Å². The van der Waals surface area contributed by atoms with E-state index in [-0.39, 0.29) is 23.3 Å². The number of nitrogens with zero attached hydrogens (tertiary/aromatic N) is 1. The van der Waals surface area contributed by atoms with Gasteiger partial charge in [-0.2, -0.15) is 0 Å². The third-order valence-corrected chi connectivity index (χ3v) is 9.01. The SMILES string of the molecule is CCc1c(C)[nH]c(CC(C)(C)C2C(=O)Nc3ccc(-c4cncc(OC[C@@H](N)Cc5c[nH]c6ccccc56)c4)cc32)c1C. The number of H-pyrrole nitrogens is 2. The van der Waals surface area contributed by atoms with E-state index in [4.69, 9.17) is 10.5 Å². The number of carbonyl (C=O) groups is 1. The maximum atomic E-state index is 13.4. The lowest BCUT2D eigenvalue weighted by Gasteiger charge is -2.30. The number of hydrogen-bond acceptors (Lipinski definition) is 4. The van der Waals surface area contributed by atoms with Gasteiger partial charge in [0.05, 0.1) is 12.1 Å². The summed E-state index contributed by atoms with van der Waals surface area (Å²) in [6.45, 7) is 11.3. The summed E-state index contributed by atoms with van der Waals surface area (Å²) in [7, 11) is 0. The van der Waals surface area contributed by atoms with Crippen molar-refractivity contribution in [3.8, 4) is 16.9 Å². The molecule has 1 amide bonds. The predicted molar refractivity (Wildman–Crippen MR) is 174 cm³/mol. The number of anilines is 1. The van der Waals surface area contributed by atoms with Crippen molar-refractivity contribution in [3.63, 3.8) is 0 Å². The average Bonchev–Trinajstić information content (AvgIpc) is 3.63. The van der Waals surface area contributed by atoms with Gasteiger partial charge in [0.25, 0.3) is 0 Å². The molecule has 1 aliphatic rings. The Balaban J connectivity index is 1.18. The minimum Gasteiger partial charge on any atom is -0.490 e. The predicted octanol–water partition coefficient (Wildman–Crippen LogP) is 6.99. The van der Waals surface area contributed by atoms with Gasteiger partial charge in [-0.15, -0.1) is 0 Å². The highest BCUT2D eigenvalue weighted by atomic mass is 16.5. The van der Waals surface area contributed by atoms with Crippen LogP contribution in [0.3, 0.4) is 0 Å². The van der Waals surface area contributed by atoms with Crippen LogP contribution in [0.2, 0.25) is 0 Å². The number of aryl methyl sites for hydroxylation is 1. The van der Waals surface area contributed by atoms with Crippen molar-refractivity contribution in [2.24, 2.45) is 11.1 Å². The fourth-order valence-corrected chi connectivity index (χ4v) is 6.84. The van der Waals surface area contributed by atoms with Crippen molar-refractivity contribution >= 4 is 22.5 Å². The van der Waals surface area contributed by atoms with Gasteiger partial charge in [0.2, 0.25) is 5.91 Å². The second kappa shape index (κ2) is 11.4. The lowest BCUT2D eigenvalue weighted by Crippen LogP contribution is -2.30. The maximum Gasteiger partial charge on any atom is 0.232 e. The number of amides is 1. The van der Waals surface area contributed by atoms with E-state index in [1.807, 2.05) is 42.7 Å². The van der Waals surface area contributed by atoms with Gasteiger partial charge in [-0.25, -0.2) is 0 Å². The molecule has 2 aromatic carbocycles. The number of rotatable bonds is 10. The molecular formula is C36H41N5O2. The molecule has 0 saturated heterocycles. The van der Waals surface area contributed by atoms with Gasteiger partial charge in [-0.05, 0) is 90.6 Å². The molecule has 4 heterocycles. The van der Waals surface area contributed by atoms with Crippen LogP contribution in [0, 0.1) is 19.3 Å². The third-order valence-electron chi connectivity index (χ3n) is 9.01. The molecule has 0 aliphatic carbocycles. The Morgan fingerprint density at radius 3 is 2.67 bits per heavy atom. The van der Waals surface area contributed by atoms with E-state index in [1.165, 1.54) is 33.5 Å². The van der Waals surface area contributed by atoms with Crippen LogP contribution in [-0.4, -0.2) is 33.5 Å². The number of pyridine rings is 1. The molecule has 1 unspecified atom stereocenters. The fraction of sp³-hybridized carbons (Fsp3) is 0.333. The summed E-state index contributed by atoms with van der Waals surface area (Å²) in [5.41, 5.74) is 17.4. The van der Waals surface area contributed by atoms with E-state index in [2.05, 4.69) is 73.1 Å². The second-order valence-electron chi connectivity index (χ2n) is 12.6. The number of nitrogens with two attached hydrogens (primary N) is 1. The molecule has 0 fully saturated rings. The molecule has 222 valence electrons. The van der Waals surface area contributed by atoms with Gasteiger partial charge in [-0.1, -0.05) is 45.0 Å². The molecule has 7 heteroatoms. The Labute approximate surface area is 253 Å². The largest absolute Gasteiger partial charge is 0.490 e. The molecule has 5 N–H and O–H groups in total. The number of ether oxygens (including phenoxy) is 1. The smallest absolute Gasteiger partial charge is 0.232 e. The van der Waals surface area contributed by atoms with Gasteiger partial charge in [-0.3, -0.25) is 9.78 Å². The molecule has 5 aromatic rings. The van der Waals surface area contributed by atoms with Crippen LogP contribution in [-0.2, 0) is 24.1 Å². The minimum absolute atomic E-state index is 0.0493. The van der Waals surface area contributed by atoms with Crippen LogP contribution < -0.4 is 15.8 Å². The Hall–Kier alpha value is -4.36. The summed E-state index contributed by atoms with van der Waals surface area (Å²) in [5, 5.41) is 4.32. The number of aromatic amines is 2. The number of carbonyl (C=O) groups excluding carboxylic acids is 1. The first-order valence-corrected chi connectivity index (χ1v) is 15.1. The molecule has 2 atom stereocenters. The highest BCUT2D eigenvalue weighted by Crippen LogP contribution is 2.47. The topological polar surface area (TPSA) is 109 Å². The quantitative estimate of drug-likeness (QED) is 0.144. The molecule has 1 aliphatic heterocycles. The van der Waals surface area contributed by atoms with Crippen molar-refractivity contribution in [2.75, 3.05) is 11.9 Å². The molecule has 3 aromatic heterocycles. The molecule has 0 bridgehead atoms. The zero-order valence-electron chi connectivity index (χ0n) is 25.7. The van der Waals surface area contributed by atoms with Crippen LogP contribution in [0.25, 0.3) is 22.0 Å². The van der Waals surface area contributed by atoms with Gasteiger partial charge >= 0.3 is 0 Å². The van der Waals surface area contributed by atoms with Gasteiger partial charge in [0, 0.05) is 52.0 Å². The van der Waals surface area contributed by atoms with Crippen LogP contribution in [0.4, 0.5) is 5.69 Å². The van der Waals surface area contributed by atoms with E-state index in [0.29, 0.717) is 18.8 Å². The first-order valence-electron chi connectivity index (χ1n) is 15.1. The van der Waals surface area contributed by atoms with Gasteiger partial charge in [0.1, 0.15) is 12.4 Å². The molecule has 7 nitrogen and oxygen atoms in total. The van der Waals surface area contributed by atoms with Crippen LogP contribution in [0.15, 0.2) is 67.1 Å². The Morgan fingerprint density at radius 2 is 1.88 bits per heavy atom. The zero-order chi connectivity index (χ0) is 30.3. The highest BCUT2D eigenvalue weighted by molar-refractivity contribution is 6.04. The summed E-state index contributed by atoms with van der Waals surface area (Å²) < 4.78 is 6.11. The van der Waals surface area contributed by atoms with E-state index >= 15 is 0 Å². The first-order chi connectivity index (χ1) is 20.6. The fourth-order valence-electron chi connectivity index (χ4n) is 6.84. The Bertz CT molecular complexity index is 1800. The van der Waals surface area contributed by atoms with E-state index in [9.17, 15) is 4.79 Å². The van der Waals surface area contributed by atoms with Crippen molar-refractivity contribution < 1.29 is 9.53 Å². The first kappa shape index (κ1) is 28.7. The van der Waals surface area contributed by atoms with Crippen molar-refractivity contribution in [1.29, 1.82) is 0 Å². The summed E-state index contributed by atoms with van der Waals surface area (Å²) in [6, 6.07) is 16.2.